The third kappa shape index (κ3) is 5.50. The summed E-state index contributed by atoms with van der Waals surface area (Å²) >= 11 is 5.78. The molecule has 0 spiro atoms. The van der Waals surface area contributed by atoms with Crippen LogP contribution in [-0.2, 0) is 4.79 Å². The molecule has 0 heterocycles. The molecule has 2 aromatic carbocycles. The lowest BCUT2D eigenvalue weighted by molar-refractivity contribution is -0.116. The highest BCUT2D eigenvalue weighted by molar-refractivity contribution is 6.30. The highest BCUT2D eigenvalue weighted by Gasteiger charge is 2.10. The first kappa shape index (κ1) is 19.3. The second kappa shape index (κ2) is 9.44. The monoisotopic (exact) mass is 371 g/mol. The predicted molar refractivity (Wildman–Crippen MR) is 99.4 cm³/mol. The van der Waals surface area contributed by atoms with Crippen LogP contribution >= 0.6 is 11.6 Å². The van der Waals surface area contributed by atoms with Gasteiger partial charge >= 0.3 is 0 Å². The van der Waals surface area contributed by atoms with Crippen molar-refractivity contribution < 1.29 is 14.3 Å². The Bertz CT molecular complexity index is 829. The van der Waals surface area contributed by atoms with Crippen LogP contribution in [0.3, 0.4) is 0 Å². The van der Waals surface area contributed by atoms with Crippen molar-refractivity contribution in [1.29, 1.82) is 5.26 Å². The standard InChI is InChI=1S/C19H18ClN3O3/c1-2-26-17-8-3-13(12-21)11-16(17)23-18(24)9-10-22-19(25)14-4-6-15(20)7-5-14/h3-8,11H,2,9-10H2,1H3,(H,22,25)(H,23,24). The normalized spacial score (nSPS) is 9.88. The Morgan fingerprint density at radius 2 is 1.92 bits per heavy atom. The van der Waals surface area contributed by atoms with Crippen LogP contribution < -0.4 is 15.4 Å². The fourth-order valence-corrected chi connectivity index (χ4v) is 2.31. The van der Waals surface area contributed by atoms with Crippen LogP contribution in [0, 0.1) is 11.3 Å². The molecule has 0 radical (unpaired) electrons. The SMILES string of the molecule is CCOc1ccc(C#N)cc1NC(=O)CCNC(=O)c1ccc(Cl)cc1. The topological polar surface area (TPSA) is 91.2 Å². The number of ether oxygens (including phenoxy) is 1. The van der Waals surface area contributed by atoms with Gasteiger partial charge < -0.3 is 15.4 Å². The van der Waals surface area contributed by atoms with Crippen LogP contribution in [0.15, 0.2) is 42.5 Å². The van der Waals surface area contributed by atoms with E-state index in [1.807, 2.05) is 13.0 Å². The molecule has 0 aromatic heterocycles. The fourth-order valence-electron chi connectivity index (χ4n) is 2.18. The summed E-state index contributed by atoms with van der Waals surface area (Å²) in [5.74, 6) is -0.0848. The van der Waals surface area contributed by atoms with E-state index in [2.05, 4.69) is 10.6 Å². The number of benzene rings is 2. The highest BCUT2D eigenvalue weighted by atomic mass is 35.5. The molecule has 0 unspecified atom stereocenters. The van der Waals surface area contributed by atoms with Crippen LogP contribution in [0.25, 0.3) is 0 Å². The number of rotatable bonds is 7. The van der Waals surface area contributed by atoms with Crippen LogP contribution in [0.5, 0.6) is 5.75 Å². The smallest absolute Gasteiger partial charge is 0.251 e. The molecule has 0 bridgehead atoms. The van der Waals surface area contributed by atoms with Gasteiger partial charge in [-0.15, -0.1) is 0 Å². The molecule has 0 aliphatic heterocycles. The molecule has 7 heteroatoms. The maximum atomic E-state index is 12.1. The summed E-state index contributed by atoms with van der Waals surface area (Å²) in [6.07, 6.45) is 0.0850. The number of nitrogens with zero attached hydrogens (tertiary/aromatic N) is 1. The Morgan fingerprint density at radius 3 is 2.58 bits per heavy atom. The van der Waals surface area contributed by atoms with E-state index >= 15 is 0 Å². The van der Waals surface area contributed by atoms with E-state index in [1.54, 1.807) is 42.5 Å². The van der Waals surface area contributed by atoms with E-state index in [4.69, 9.17) is 21.6 Å². The number of anilines is 1. The van der Waals surface area contributed by atoms with Crippen molar-refractivity contribution in [3.05, 3.63) is 58.6 Å². The number of carbonyl (C=O) groups excluding carboxylic acids is 2. The summed E-state index contributed by atoms with van der Waals surface area (Å²) in [6.45, 7) is 2.44. The second-order valence-corrected chi connectivity index (χ2v) is 5.75. The van der Waals surface area contributed by atoms with E-state index in [1.165, 1.54) is 0 Å². The Hall–Kier alpha value is -3.04. The van der Waals surface area contributed by atoms with Crippen molar-refractivity contribution in [3.63, 3.8) is 0 Å². The van der Waals surface area contributed by atoms with Gasteiger partial charge in [-0.05, 0) is 49.4 Å². The van der Waals surface area contributed by atoms with Crippen LogP contribution in [0.1, 0.15) is 29.3 Å². The summed E-state index contributed by atoms with van der Waals surface area (Å²) < 4.78 is 5.44. The van der Waals surface area contributed by atoms with Crippen molar-refractivity contribution in [2.75, 3.05) is 18.5 Å². The molecule has 0 aliphatic carbocycles. The Balaban J connectivity index is 1.89. The molecule has 2 rings (SSSR count). The van der Waals surface area contributed by atoms with Crippen molar-refractivity contribution in [2.24, 2.45) is 0 Å². The molecule has 26 heavy (non-hydrogen) atoms. The van der Waals surface area contributed by atoms with Gasteiger partial charge in [0.05, 0.1) is 23.9 Å². The van der Waals surface area contributed by atoms with Gasteiger partial charge in [0, 0.05) is 23.6 Å². The quantitative estimate of drug-likeness (QED) is 0.780. The van der Waals surface area contributed by atoms with Crippen LogP contribution in [-0.4, -0.2) is 25.0 Å². The zero-order chi connectivity index (χ0) is 18.9. The first-order valence-electron chi connectivity index (χ1n) is 8.04. The molecule has 0 saturated carbocycles. The number of hydrogen-bond donors (Lipinski definition) is 2. The highest BCUT2D eigenvalue weighted by Crippen LogP contribution is 2.25. The van der Waals surface area contributed by atoms with E-state index in [9.17, 15) is 9.59 Å². The van der Waals surface area contributed by atoms with Gasteiger partial charge in [-0.2, -0.15) is 5.26 Å². The van der Waals surface area contributed by atoms with Crippen molar-refractivity contribution >= 4 is 29.1 Å². The zero-order valence-corrected chi connectivity index (χ0v) is 15.0. The summed E-state index contributed by atoms with van der Waals surface area (Å²) in [6, 6.07) is 13.3. The molecular weight excluding hydrogens is 354 g/mol. The Morgan fingerprint density at radius 1 is 1.19 bits per heavy atom. The van der Waals surface area contributed by atoms with Gasteiger partial charge in [-0.1, -0.05) is 11.6 Å². The molecule has 0 atom stereocenters. The zero-order valence-electron chi connectivity index (χ0n) is 14.2. The first-order chi connectivity index (χ1) is 12.5. The summed E-state index contributed by atoms with van der Waals surface area (Å²) in [5.41, 5.74) is 1.31. The molecule has 2 N–H and O–H groups in total. The third-order valence-corrected chi connectivity index (χ3v) is 3.68. The van der Waals surface area contributed by atoms with E-state index in [-0.39, 0.29) is 24.8 Å². The van der Waals surface area contributed by atoms with Crippen LogP contribution in [0.4, 0.5) is 5.69 Å². The Labute approximate surface area is 156 Å². The van der Waals surface area contributed by atoms with Crippen LogP contribution in [0.2, 0.25) is 5.02 Å². The van der Waals surface area contributed by atoms with Crippen molar-refractivity contribution in [1.82, 2.24) is 5.32 Å². The molecule has 2 aromatic rings. The first-order valence-corrected chi connectivity index (χ1v) is 8.42. The van der Waals surface area contributed by atoms with Crippen molar-refractivity contribution in [3.8, 4) is 11.8 Å². The number of halogens is 1. The van der Waals surface area contributed by atoms with E-state index in [0.717, 1.165) is 0 Å². The predicted octanol–water partition coefficient (Wildman–Crippen LogP) is 3.37. The van der Waals surface area contributed by atoms with Gasteiger partial charge in [0.15, 0.2) is 0 Å². The molecule has 134 valence electrons. The summed E-state index contributed by atoms with van der Waals surface area (Å²) in [7, 11) is 0. The maximum Gasteiger partial charge on any atom is 0.251 e. The van der Waals surface area contributed by atoms with Gasteiger partial charge in [-0.3, -0.25) is 9.59 Å². The lowest BCUT2D eigenvalue weighted by Crippen LogP contribution is -2.27. The molecule has 2 amide bonds. The van der Waals surface area contributed by atoms with Crippen molar-refractivity contribution in [2.45, 2.75) is 13.3 Å². The number of nitrogens with one attached hydrogen (secondary N) is 2. The molecule has 0 fully saturated rings. The number of nitriles is 1. The largest absolute Gasteiger partial charge is 0.492 e. The lowest BCUT2D eigenvalue weighted by Gasteiger charge is -2.12. The molecule has 0 saturated heterocycles. The molecule has 0 aliphatic rings. The minimum absolute atomic E-state index is 0.0850. The van der Waals surface area contributed by atoms with Gasteiger partial charge in [0.25, 0.3) is 5.91 Å². The summed E-state index contributed by atoms with van der Waals surface area (Å²) in [4.78, 5) is 24.1. The number of amides is 2. The molecular formula is C19H18ClN3O3. The Kier molecular flexibility index (Phi) is 7.01. The van der Waals surface area contributed by atoms with Gasteiger partial charge in [0.1, 0.15) is 5.75 Å². The lowest BCUT2D eigenvalue weighted by atomic mass is 10.2. The number of carbonyl (C=O) groups is 2. The van der Waals surface area contributed by atoms with Gasteiger partial charge in [-0.25, -0.2) is 0 Å². The second-order valence-electron chi connectivity index (χ2n) is 5.32. The maximum absolute atomic E-state index is 12.1. The van der Waals surface area contributed by atoms with Gasteiger partial charge in [0.2, 0.25) is 5.91 Å². The average Bonchev–Trinajstić information content (AvgIpc) is 2.63. The summed E-state index contributed by atoms with van der Waals surface area (Å²) in [5, 5.41) is 14.9. The fraction of sp³-hybridized carbons (Fsp3) is 0.211. The molecule has 6 nitrogen and oxygen atoms in total. The number of hydrogen-bond acceptors (Lipinski definition) is 4. The minimum Gasteiger partial charge on any atom is -0.492 e. The average molecular weight is 372 g/mol. The minimum atomic E-state index is -0.294. The third-order valence-electron chi connectivity index (χ3n) is 3.43. The van der Waals surface area contributed by atoms with E-state index in [0.29, 0.717) is 34.2 Å². The van der Waals surface area contributed by atoms with E-state index < -0.39 is 0 Å².